The van der Waals surface area contributed by atoms with E-state index in [0.717, 1.165) is 64.5 Å². The molecule has 3 aliphatic rings. The number of amides is 2. The highest BCUT2D eigenvalue weighted by molar-refractivity contribution is 9.10. The molecule has 5 rings (SSSR count). The highest BCUT2D eigenvalue weighted by Gasteiger charge is 2.40. The molecule has 2 saturated heterocycles. The van der Waals surface area contributed by atoms with E-state index >= 15 is 0 Å². The summed E-state index contributed by atoms with van der Waals surface area (Å²) in [5.41, 5.74) is 4.26. The van der Waals surface area contributed by atoms with E-state index in [-0.39, 0.29) is 17.9 Å². The number of piperidine rings is 1. The molecule has 1 N–H and O–H groups in total. The van der Waals surface area contributed by atoms with Crippen LogP contribution in [0.25, 0.3) is 0 Å². The molecule has 2 aliphatic heterocycles. The van der Waals surface area contributed by atoms with Crippen LogP contribution in [0.3, 0.4) is 0 Å². The predicted octanol–water partition coefficient (Wildman–Crippen LogP) is 4.37. The summed E-state index contributed by atoms with van der Waals surface area (Å²) in [6.45, 7) is 5.83. The molecular formula is C27H32Br2ClN4O3+. The van der Waals surface area contributed by atoms with Gasteiger partial charge in [0.2, 0.25) is 18.0 Å². The number of hydrogen-bond donors (Lipinski definition) is 1. The summed E-state index contributed by atoms with van der Waals surface area (Å²) < 4.78 is 3.02. The minimum Gasteiger partial charge on any atom is -0.343 e. The van der Waals surface area contributed by atoms with Crippen LogP contribution in [0.5, 0.6) is 0 Å². The molecule has 0 spiro atoms. The van der Waals surface area contributed by atoms with Gasteiger partial charge in [-0.1, -0.05) is 27.5 Å². The molecule has 198 valence electrons. The number of rotatable bonds is 3. The summed E-state index contributed by atoms with van der Waals surface area (Å²) in [5.74, 6) is 0.666. The van der Waals surface area contributed by atoms with Crippen LogP contribution >= 0.6 is 43.5 Å². The van der Waals surface area contributed by atoms with E-state index in [2.05, 4.69) is 42.8 Å². The van der Waals surface area contributed by atoms with Gasteiger partial charge >= 0.3 is 0 Å². The summed E-state index contributed by atoms with van der Waals surface area (Å²) in [6, 6.07) is 5.89. The SMILES string of the molecule is CC(=O)N1CCC(CC(=O)N2CCN([C@H]3c4c(Br)cc(Cl)cc4CCc4cc(Br)c[n+](O)c43)CC2)CC1. The maximum absolute atomic E-state index is 13.2. The average molecular weight is 656 g/mol. The summed E-state index contributed by atoms with van der Waals surface area (Å²) in [5, 5.41) is 11.7. The Morgan fingerprint density at radius 1 is 1.00 bits per heavy atom. The van der Waals surface area contributed by atoms with Gasteiger partial charge in [-0.05, 0) is 76.9 Å². The van der Waals surface area contributed by atoms with Crippen molar-refractivity contribution in [3.8, 4) is 0 Å². The van der Waals surface area contributed by atoms with Crippen molar-refractivity contribution in [2.75, 3.05) is 39.3 Å². The van der Waals surface area contributed by atoms with Crippen LogP contribution < -0.4 is 4.73 Å². The normalized spacial score (nSPS) is 20.8. The molecule has 1 aromatic carbocycles. The fourth-order valence-corrected chi connectivity index (χ4v) is 7.64. The average Bonchev–Trinajstić information content (AvgIpc) is 3.02. The molecule has 1 aromatic heterocycles. The number of benzene rings is 1. The third-order valence-corrected chi connectivity index (χ3v) is 9.37. The van der Waals surface area contributed by atoms with Gasteiger partial charge in [-0.15, -0.1) is 0 Å². The Morgan fingerprint density at radius 2 is 1.68 bits per heavy atom. The zero-order valence-electron chi connectivity index (χ0n) is 20.9. The molecule has 0 radical (unpaired) electrons. The number of likely N-dealkylation sites (tertiary alicyclic amines) is 1. The highest BCUT2D eigenvalue weighted by atomic mass is 79.9. The Morgan fingerprint density at radius 3 is 2.35 bits per heavy atom. The van der Waals surface area contributed by atoms with E-state index in [0.29, 0.717) is 43.5 Å². The summed E-state index contributed by atoms with van der Waals surface area (Å²) in [4.78, 5) is 31.0. The molecular weight excluding hydrogens is 624 g/mol. The van der Waals surface area contributed by atoms with Crippen molar-refractivity contribution in [2.45, 2.75) is 45.1 Å². The van der Waals surface area contributed by atoms with Crippen LogP contribution in [0.4, 0.5) is 0 Å². The van der Waals surface area contributed by atoms with E-state index in [4.69, 9.17) is 11.6 Å². The number of carbonyl (C=O) groups excluding carboxylic acids is 2. The van der Waals surface area contributed by atoms with E-state index in [9.17, 15) is 14.8 Å². The second kappa shape index (κ2) is 11.2. The number of fused-ring (bicyclic) bond motifs is 2. The third kappa shape index (κ3) is 5.70. The Labute approximate surface area is 239 Å². The number of nitrogens with zero attached hydrogens (tertiary/aromatic N) is 4. The fraction of sp³-hybridized carbons (Fsp3) is 0.519. The Kier molecular flexibility index (Phi) is 8.15. The quantitative estimate of drug-likeness (QED) is 0.394. The molecule has 3 heterocycles. The largest absolute Gasteiger partial charge is 0.343 e. The van der Waals surface area contributed by atoms with Gasteiger partial charge in [0.05, 0.1) is 4.47 Å². The van der Waals surface area contributed by atoms with Crippen LogP contribution in [0, 0.1) is 5.92 Å². The van der Waals surface area contributed by atoms with E-state index in [1.165, 1.54) is 10.3 Å². The second-order valence-corrected chi connectivity index (χ2v) is 12.6. The molecule has 2 amide bonds. The molecule has 37 heavy (non-hydrogen) atoms. The third-order valence-electron chi connectivity index (χ3n) is 8.06. The number of pyridine rings is 1. The van der Waals surface area contributed by atoms with Gasteiger partial charge in [-0.25, -0.2) is 0 Å². The molecule has 7 nitrogen and oxygen atoms in total. The lowest BCUT2D eigenvalue weighted by Gasteiger charge is -2.39. The van der Waals surface area contributed by atoms with Gasteiger partial charge in [0.15, 0.2) is 0 Å². The summed E-state index contributed by atoms with van der Waals surface area (Å²) >= 11 is 13.7. The number of hydrogen-bond acceptors (Lipinski definition) is 4. The first kappa shape index (κ1) is 26.9. The number of piperazine rings is 1. The van der Waals surface area contributed by atoms with Gasteiger partial charge in [0.1, 0.15) is 6.04 Å². The van der Waals surface area contributed by atoms with Gasteiger partial charge in [-0.3, -0.25) is 19.7 Å². The molecule has 0 bridgehead atoms. The van der Waals surface area contributed by atoms with E-state index < -0.39 is 0 Å². The molecule has 0 unspecified atom stereocenters. The monoisotopic (exact) mass is 653 g/mol. The van der Waals surface area contributed by atoms with Crippen LogP contribution in [0.2, 0.25) is 5.02 Å². The van der Waals surface area contributed by atoms with Crippen molar-refractivity contribution >= 4 is 55.3 Å². The fourth-order valence-electron chi connectivity index (χ4n) is 6.08. The van der Waals surface area contributed by atoms with Crippen molar-refractivity contribution in [3.63, 3.8) is 0 Å². The Hall–Kier alpha value is -1.68. The highest BCUT2D eigenvalue weighted by Crippen LogP contribution is 2.41. The zero-order chi connectivity index (χ0) is 26.3. The van der Waals surface area contributed by atoms with Crippen LogP contribution in [0.15, 0.2) is 33.3 Å². The van der Waals surface area contributed by atoms with Gasteiger partial charge in [-0.2, -0.15) is 0 Å². The topological polar surface area (TPSA) is 68.0 Å². The van der Waals surface area contributed by atoms with Gasteiger partial charge in [0.25, 0.3) is 5.69 Å². The first-order chi connectivity index (χ1) is 17.7. The maximum atomic E-state index is 13.2. The van der Waals surface area contributed by atoms with Crippen molar-refractivity contribution in [3.05, 3.63) is 60.7 Å². The van der Waals surface area contributed by atoms with Crippen molar-refractivity contribution in [1.29, 1.82) is 0 Å². The van der Waals surface area contributed by atoms with Crippen molar-refractivity contribution < 1.29 is 19.5 Å². The lowest BCUT2D eigenvalue weighted by molar-refractivity contribution is -0.911. The van der Waals surface area contributed by atoms with E-state index in [1.807, 2.05) is 21.9 Å². The van der Waals surface area contributed by atoms with Gasteiger partial charge in [0, 0.05) is 72.4 Å². The molecule has 10 heteroatoms. The van der Waals surface area contributed by atoms with E-state index in [1.54, 1.807) is 13.1 Å². The molecule has 2 aromatic rings. The lowest BCUT2D eigenvalue weighted by atomic mass is 9.92. The molecule has 2 fully saturated rings. The lowest BCUT2D eigenvalue weighted by Crippen LogP contribution is -2.52. The predicted molar refractivity (Wildman–Crippen MR) is 148 cm³/mol. The van der Waals surface area contributed by atoms with Gasteiger partial charge < -0.3 is 9.80 Å². The summed E-state index contributed by atoms with van der Waals surface area (Å²) in [6.07, 6.45) is 5.66. The standard InChI is InChI=1S/C27H32Br2ClN4O3/c1-17(35)31-6-4-18(5-7-31)12-24(36)32-8-10-33(11-9-32)27-25-19(14-22(30)15-23(25)29)2-3-20-13-21(28)16-34(37)26(20)27/h13-16,18,27,37H,2-12H2,1H3/q+1/t27-/m0/s1. The van der Waals surface area contributed by atoms with Crippen molar-refractivity contribution in [1.82, 2.24) is 14.7 Å². The number of aryl methyl sites for hydroxylation is 2. The smallest absolute Gasteiger partial charge is 0.258 e. The zero-order valence-corrected chi connectivity index (χ0v) is 24.9. The number of aromatic nitrogens is 1. The summed E-state index contributed by atoms with van der Waals surface area (Å²) in [7, 11) is 0. The molecule has 0 saturated carbocycles. The second-order valence-electron chi connectivity index (χ2n) is 10.3. The minimum atomic E-state index is -0.162. The molecule has 1 atom stereocenters. The first-order valence-corrected chi connectivity index (χ1v) is 14.9. The Bertz CT molecular complexity index is 1150. The number of halogens is 3. The first-order valence-electron chi connectivity index (χ1n) is 12.9. The maximum Gasteiger partial charge on any atom is 0.258 e. The molecule has 1 aliphatic carbocycles. The Balaban J connectivity index is 1.34. The van der Waals surface area contributed by atoms with Crippen molar-refractivity contribution in [2.24, 2.45) is 5.92 Å². The van der Waals surface area contributed by atoms with Crippen LogP contribution in [0.1, 0.15) is 54.6 Å². The van der Waals surface area contributed by atoms with Crippen LogP contribution in [-0.4, -0.2) is 71.0 Å². The number of carbonyl (C=O) groups is 2. The minimum absolute atomic E-state index is 0.119. The van der Waals surface area contributed by atoms with Crippen LogP contribution in [-0.2, 0) is 22.4 Å².